The number of aromatic nitrogens is 3. The van der Waals surface area contributed by atoms with Gasteiger partial charge < -0.3 is 30.1 Å². The van der Waals surface area contributed by atoms with Crippen LogP contribution in [0.1, 0.15) is 82.8 Å². The van der Waals surface area contributed by atoms with Crippen LogP contribution >= 0.6 is 0 Å². The van der Waals surface area contributed by atoms with E-state index in [0.29, 0.717) is 12.8 Å². The summed E-state index contributed by atoms with van der Waals surface area (Å²) in [5.74, 6) is -2.06. The van der Waals surface area contributed by atoms with Gasteiger partial charge in [-0.2, -0.15) is 11.4 Å². The summed E-state index contributed by atoms with van der Waals surface area (Å²) in [6.07, 6.45) is 9.57. The van der Waals surface area contributed by atoms with E-state index in [4.69, 9.17) is 25.0 Å². The minimum absolute atomic E-state index is 0. The molecule has 1 N–H and O–H groups in total. The number of aliphatic carboxylic acids is 1. The van der Waals surface area contributed by atoms with E-state index in [1.807, 2.05) is 38.2 Å². The van der Waals surface area contributed by atoms with Crippen LogP contribution in [0.4, 0.5) is 0 Å². The van der Waals surface area contributed by atoms with Gasteiger partial charge >= 0.3 is 35.0 Å². The Bertz CT molecular complexity index is 1880. The Morgan fingerprint density at radius 2 is 1.73 bits per heavy atom. The molecule has 3 aromatic rings. The number of hydrogen-bond acceptors (Lipinski definition) is 3. The normalized spacial score (nSPS) is 24.2. The Balaban J connectivity index is 0.00000384. The first kappa shape index (κ1) is 31.7. The van der Waals surface area contributed by atoms with Gasteiger partial charge in [-0.15, -0.1) is 33.5 Å². The molecule has 0 amide bonds. The van der Waals surface area contributed by atoms with Crippen molar-refractivity contribution in [2.45, 2.75) is 60.3 Å². The molecular formula is C35H36MgN4O4-2. The molecule has 3 atom stereocenters. The summed E-state index contributed by atoms with van der Waals surface area (Å²) in [4.78, 5) is 40.1. The second kappa shape index (κ2) is 12.0. The van der Waals surface area contributed by atoms with Gasteiger partial charge in [-0.25, -0.2) is 0 Å². The number of carbonyl (C=O) groups is 2. The summed E-state index contributed by atoms with van der Waals surface area (Å²) < 4.78 is 5.26. The molecule has 2 aliphatic heterocycles. The molecule has 1 fully saturated rings. The Hall–Kier alpha value is -3.69. The maximum absolute atomic E-state index is 13.2. The molecular weight excluding hydrogens is 565 g/mol. The molecule has 8 nitrogen and oxygen atoms in total. The van der Waals surface area contributed by atoms with Crippen LogP contribution in [-0.2, 0) is 27.2 Å². The van der Waals surface area contributed by atoms with Crippen molar-refractivity contribution in [3.63, 3.8) is 0 Å². The first-order chi connectivity index (χ1) is 20.6. The Morgan fingerprint density at radius 1 is 1.02 bits per heavy atom. The number of methoxy groups -OCH3 is 1. The van der Waals surface area contributed by atoms with Crippen molar-refractivity contribution < 1.29 is 19.4 Å². The van der Waals surface area contributed by atoms with Crippen LogP contribution < -0.4 is 25.7 Å². The summed E-state index contributed by atoms with van der Waals surface area (Å²) in [6, 6.07) is 0. The van der Waals surface area contributed by atoms with Crippen LogP contribution in [0.25, 0.3) is 35.2 Å². The predicted octanol–water partition coefficient (Wildman–Crippen LogP) is 3.88. The number of rotatable bonds is 6. The Morgan fingerprint density at radius 3 is 2.39 bits per heavy atom. The van der Waals surface area contributed by atoms with E-state index in [2.05, 4.69) is 27.4 Å². The minimum atomic E-state index is -0.865. The monoisotopic (exact) mass is 600 g/mol. The molecule has 0 spiro atoms. The number of fused-ring (bicyclic) bond motifs is 7. The molecule has 0 saturated carbocycles. The molecule has 1 saturated heterocycles. The van der Waals surface area contributed by atoms with Crippen molar-refractivity contribution in [3.05, 3.63) is 90.1 Å². The number of carbonyl (C=O) groups excluding carboxylic acids is 1. The van der Waals surface area contributed by atoms with Gasteiger partial charge in [0.2, 0.25) is 0 Å². The molecule has 5 heterocycles. The van der Waals surface area contributed by atoms with Crippen LogP contribution in [0.5, 0.6) is 0 Å². The van der Waals surface area contributed by atoms with Gasteiger partial charge in [0.05, 0.1) is 13.0 Å². The molecule has 0 radical (unpaired) electrons. The molecule has 3 aromatic heterocycles. The third-order valence-electron chi connectivity index (χ3n) is 9.55. The van der Waals surface area contributed by atoms with Gasteiger partial charge in [-0.1, -0.05) is 78.1 Å². The molecule has 8 bridgehead atoms. The molecule has 9 heteroatoms. The summed E-state index contributed by atoms with van der Waals surface area (Å²) in [5, 5.41) is 16.5. The van der Waals surface area contributed by atoms with Gasteiger partial charge in [-0.05, 0) is 57.4 Å². The number of esters is 1. The van der Waals surface area contributed by atoms with Crippen molar-refractivity contribution in [1.29, 1.82) is 0 Å². The van der Waals surface area contributed by atoms with E-state index in [1.165, 1.54) is 7.11 Å². The van der Waals surface area contributed by atoms with E-state index < -0.39 is 11.9 Å². The number of carboxylic acid groups (broad SMARTS) is 1. The third kappa shape index (κ3) is 5.00. The van der Waals surface area contributed by atoms with Crippen LogP contribution in [-0.4, -0.2) is 47.2 Å². The van der Waals surface area contributed by atoms with Crippen molar-refractivity contribution in [2.24, 2.45) is 17.8 Å². The fourth-order valence-electron chi connectivity index (χ4n) is 7.03. The summed E-state index contributed by atoms with van der Waals surface area (Å²) in [7, 11) is 1.40. The van der Waals surface area contributed by atoms with Gasteiger partial charge in [0.15, 0.2) is 0 Å². The SMILES string of the molecule is C=Cc1c2[n-]c(c1C)/C=C1\[N-]/C(=C3\c4[n-]c(c(C)c4C[C@@H]3C(=O)OC)/C=c3\[n-]/c(c(C)c3CC)=C\2)[C@@H](CCC(=O)O)[C@@H]1C.[Mg+2]. The Kier molecular flexibility index (Phi) is 8.66. The predicted molar refractivity (Wildman–Crippen MR) is 172 cm³/mol. The average Bonchev–Trinajstić information content (AvgIpc) is 3.73. The molecule has 3 aliphatic rings. The molecule has 6 rings (SSSR count). The average molecular weight is 601 g/mol. The van der Waals surface area contributed by atoms with E-state index in [-0.39, 0.29) is 47.3 Å². The Labute approximate surface area is 273 Å². The number of nitrogens with zero attached hydrogens (tertiary/aromatic N) is 4. The van der Waals surface area contributed by atoms with Crippen LogP contribution in [0.2, 0.25) is 0 Å². The van der Waals surface area contributed by atoms with Gasteiger partial charge in [-0.3, -0.25) is 9.59 Å². The van der Waals surface area contributed by atoms with Crippen LogP contribution in [0.15, 0.2) is 18.0 Å². The zero-order chi connectivity index (χ0) is 30.7. The van der Waals surface area contributed by atoms with E-state index in [1.54, 1.807) is 0 Å². The largest absolute Gasteiger partial charge is 2.00 e. The van der Waals surface area contributed by atoms with Gasteiger partial charge in [0, 0.05) is 6.42 Å². The zero-order valence-corrected chi connectivity index (χ0v) is 27.7. The minimum Gasteiger partial charge on any atom is -0.664 e. The van der Waals surface area contributed by atoms with Gasteiger partial charge in [0.25, 0.3) is 0 Å². The van der Waals surface area contributed by atoms with Gasteiger partial charge in [0.1, 0.15) is 0 Å². The smallest absolute Gasteiger partial charge is 0.664 e. The molecule has 0 aromatic carbocycles. The van der Waals surface area contributed by atoms with Crippen molar-refractivity contribution in [1.82, 2.24) is 15.0 Å². The third-order valence-corrected chi connectivity index (χ3v) is 9.55. The van der Waals surface area contributed by atoms with Crippen molar-refractivity contribution in [3.8, 4) is 0 Å². The topological polar surface area (TPSA) is 120 Å². The second-order valence-corrected chi connectivity index (χ2v) is 11.8. The van der Waals surface area contributed by atoms with Crippen LogP contribution in [0, 0.1) is 38.5 Å². The van der Waals surface area contributed by atoms with Crippen molar-refractivity contribution >= 4 is 64.9 Å². The summed E-state index contributed by atoms with van der Waals surface area (Å²) in [6.45, 7) is 14.4. The standard InChI is InChI=1S/C35H36N4O4.Mg/c1-8-20-16(3)25-13-27-18(5)22(10-11-31(40)41)33(38-27)32-24(35(42)43-7)12-23-19(6)28(39-34(23)32)15-30-21(9-2)17(4)26(37-30)14-29(20)36-25;/h8,13-15,18,22,24H,1,9-12H2,2-7H3,(H,40,41);/q-4;+2/b26-14-,27-13-,30-15-,33-32-;/t18-,22-,24-;/m0./s1. The molecule has 1 aliphatic carbocycles. The second-order valence-electron chi connectivity index (χ2n) is 11.8. The van der Waals surface area contributed by atoms with Crippen LogP contribution in [0.3, 0.4) is 0 Å². The maximum atomic E-state index is 13.2. The molecule has 224 valence electrons. The quantitative estimate of drug-likeness (QED) is 0.337. The van der Waals surface area contributed by atoms with E-state index >= 15 is 0 Å². The first-order valence-electron chi connectivity index (χ1n) is 14.9. The molecule has 44 heavy (non-hydrogen) atoms. The van der Waals surface area contributed by atoms with E-state index in [0.717, 1.165) is 90.2 Å². The fraction of sp³-hybridized carbons (Fsp3) is 0.371. The fourth-order valence-corrected chi connectivity index (χ4v) is 7.03. The number of hydrogen-bond donors (Lipinski definition) is 1. The maximum Gasteiger partial charge on any atom is 2.00 e. The van der Waals surface area contributed by atoms with Crippen molar-refractivity contribution in [2.75, 3.05) is 7.11 Å². The zero-order valence-electron chi connectivity index (χ0n) is 26.2. The summed E-state index contributed by atoms with van der Waals surface area (Å²) in [5.41, 5.74) is 11.7. The molecule has 0 unspecified atom stereocenters. The first-order valence-corrected chi connectivity index (χ1v) is 14.9. The van der Waals surface area contributed by atoms with E-state index in [9.17, 15) is 14.7 Å². The number of allylic oxidation sites excluding steroid dienone is 2. The number of ether oxygens (including phenoxy) is 1. The number of carboxylic acids is 1. The summed E-state index contributed by atoms with van der Waals surface area (Å²) >= 11 is 0.